The SMILES string of the molecule is CCc1cnc(C)nc1N1CCC(Cc2nncn2-c2ccccc2)CC1. The Hall–Kier alpha value is -2.76. The normalized spacial score (nSPS) is 15.3. The molecule has 140 valence electrons. The summed E-state index contributed by atoms with van der Waals surface area (Å²) in [6.45, 7) is 6.20. The van der Waals surface area contributed by atoms with Crippen LogP contribution in [0.25, 0.3) is 5.69 Å². The number of para-hydroxylation sites is 1. The fraction of sp³-hybridized carbons (Fsp3) is 0.429. The molecule has 6 nitrogen and oxygen atoms in total. The lowest BCUT2D eigenvalue weighted by molar-refractivity contribution is 0.393. The second-order valence-corrected chi connectivity index (χ2v) is 7.21. The Kier molecular flexibility index (Phi) is 5.14. The quantitative estimate of drug-likeness (QED) is 0.696. The molecule has 6 heteroatoms. The second-order valence-electron chi connectivity index (χ2n) is 7.21. The first-order chi connectivity index (χ1) is 13.2. The van der Waals surface area contributed by atoms with Gasteiger partial charge in [0, 0.05) is 37.0 Å². The number of benzene rings is 1. The van der Waals surface area contributed by atoms with Crippen molar-refractivity contribution in [1.29, 1.82) is 0 Å². The summed E-state index contributed by atoms with van der Waals surface area (Å²) < 4.78 is 2.11. The third-order valence-electron chi connectivity index (χ3n) is 5.38. The van der Waals surface area contributed by atoms with E-state index in [-0.39, 0.29) is 0 Å². The maximum absolute atomic E-state index is 4.71. The second kappa shape index (κ2) is 7.86. The smallest absolute Gasteiger partial charge is 0.137 e. The first-order valence-electron chi connectivity index (χ1n) is 9.76. The lowest BCUT2D eigenvalue weighted by atomic mass is 9.93. The molecule has 1 aliphatic heterocycles. The fourth-order valence-corrected chi connectivity index (χ4v) is 3.82. The first kappa shape index (κ1) is 17.6. The van der Waals surface area contributed by atoms with Gasteiger partial charge in [0.25, 0.3) is 0 Å². The zero-order valence-corrected chi connectivity index (χ0v) is 16.0. The average Bonchev–Trinajstić information content (AvgIpc) is 3.17. The van der Waals surface area contributed by atoms with Crippen molar-refractivity contribution in [2.24, 2.45) is 5.92 Å². The predicted octanol–water partition coefficient (Wildman–Crippen LogP) is 3.39. The Morgan fingerprint density at radius 2 is 1.89 bits per heavy atom. The molecule has 0 atom stereocenters. The van der Waals surface area contributed by atoms with Crippen molar-refractivity contribution in [3.8, 4) is 5.69 Å². The molecular formula is C21H26N6. The molecule has 27 heavy (non-hydrogen) atoms. The summed E-state index contributed by atoms with van der Waals surface area (Å²) in [6, 6.07) is 10.3. The van der Waals surface area contributed by atoms with Crippen LogP contribution in [0.15, 0.2) is 42.9 Å². The van der Waals surface area contributed by atoms with Gasteiger partial charge in [-0.15, -0.1) is 10.2 Å². The highest BCUT2D eigenvalue weighted by Gasteiger charge is 2.24. The van der Waals surface area contributed by atoms with Crippen LogP contribution in [-0.2, 0) is 12.8 Å². The van der Waals surface area contributed by atoms with Gasteiger partial charge in [0.2, 0.25) is 0 Å². The summed E-state index contributed by atoms with van der Waals surface area (Å²) >= 11 is 0. The molecule has 0 amide bonds. The Morgan fingerprint density at radius 1 is 1.11 bits per heavy atom. The number of hydrogen-bond donors (Lipinski definition) is 0. The molecule has 0 aliphatic carbocycles. The van der Waals surface area contributed by atoms with Crippen LogP contribution in [0, 0.1) is 12.8 Å². The molecule has 1 aliphatic rings. The Bertz CT molecular complexity index is 881. The summed E-state index contributed by atoms with van der Waals surface area (Å²) in [4.78, 5) is 11.5. The van der Waals surface area contributed by atoms with E-state index in [2.05, 4.69) is 43.7 Å². The third kappa shape index (κ3) is 3.84. The molecule has 0 saturated carbocycles. The van der Waals surface area contributed by atoms with E-state index in [1.807, 2.05) is 37.6 Å². The number of anilines is 1. The van der Waals surface area contributed by atoms with Gasteiger partial charge in [-0.2, -0.15) is 0 Å². The largest absolute Gasteiger partial charge is 0.356 e. The molecule has 1 aromatic carbocycles. The van der Waals surface area contributed by atoms with Crippen LogP contribution < -0.4 is 4.90 Å². The van der Waals surface area contributed by atoms with E-state index in [0.29, 0.717) is 5.92 Å². The number of rotatable bonds is 5. The minimum Gasteiger partial charge on any atom is -0.356 e. The maximum atomic E-state index is 4.71. The van der Waals surface area contributed by atoms with E-state index in [1.165, 1.54) is 5.56 Å². The molecule has 1 saturated heterocycles. The predicted molar refractivity (Wildman–Crippen MR) is 106 cm³/mol. The van der Waals surface area contributed by atoms with Gasteiger partial charge >= 0.3 is 0 Å². The minimum absolute atomic E-state index is 0.626. The van der Waals surface area contributed by atoms with E-state index in [9.17, 15) is 0 Å². The number of hydrogen-bond acceptors (Lipinski definition) is 5. The van der Waals surface area contributed by atoms with Crippen molar-refractivity contribution in [1.82, 2.24) is 24.7 Å². The van der Waals surface area contributed by atoms with E-state index < -0.39 is 0 Å². The molecule has 4 rings (SSSR count). The van der Waals surface area contributed by atoms with Crippen molar-refractivity contribution in [2.45, 2.75) is 39.5 Å². The van der Waals surface area contributed by atoms with Gasteiger partial charge in [0.1, 0.15) is 23.8 Å². The Morgan fingerprint density at radius 3 is 2.63 bits per heavy atom. The Labute approximate surface area is 160 Å². The van der Waals surface area contributed by atoms with Crippen molar-refractivity contribution in [3.05, 3.63) is 60.1 Å². The zero-order valence-electron chi connectivity index (χ0n) is 16.0. The lowest BCUT2D eigenvalue weighted by Gasteiger charge is -2.33. The molecule has 0 N–H and O–H groups in total. The van der Waals surface area contributed by atoms with Gasteiger partial charge in [-0.25, -0.2) is 9.97 Å². The minimum atomic E-state index is 0.626. The van der Waals surface area contributed by atoms with Gasteiger partial charge < -0.3 is 4.90 Å². The Balaban J connectivity index is 1.43. The van der Waals surface area contributed by atoms with E-state index in [0.717, 1.165) is 61.9 Å². The van der Waals surface area contributed by atoms with Gasteiger partial charge in [-0.3, -0.25) is 4.57 Å². The molecule has 0 spiro atoms. The third-order valence-corrected chi connectivity index (χ3v) is 5.38. The molecule has 0 unspecified atom stereocenters. The summed E-state index contributed by atoms with van der Waals surface area (Å²) in [5.74, 6) is 3.64. The number of aromatic nitrogens is 5. The lowest BCUT2D eigenvalue weighted by Crippen LogP contribution is -2.36. The van der Waals surface area contributed by atoms with Gasteiger partial charge in [0.15, 0.2) is 0 Å². The van der Waals surface area contributed by atoms with Gasteiger partial charge in [-0.05, 0) is 44.2 Å². The fourth-order valence-electron chi connectivity index (χ4n) is 3.82. The standard InChI is InChI=1S/C21H26N6/c1-3-18-14-22-16(2)24-21(18)26-11-9-17(10-12-26)13-20-25-23-15-27(20)19-7-5-4-6-8-19/h4-8,14-15,17H,3,9-13H2,1-2H3. The van der Waals surface area contributed by atoms with Crippen LogP contribution in [0.3, 0.4) is 0 Å². The summed E-state index contributed by atoms with van der Waals surface area (Å²) in [6.07, 6.45) is 8.02. The number of piperidine rings is 1. The highest BCUT2D eigenvalue weighted by molar-refractivity contribution is 5.46. The van der Waals surface area contributed by atoms with Crippen molar-refractivity contribution in [2.75, 3.05) is 18.0 Å². The van der Waals surface area contributed by atoms with Crippen molar-refractivity contribution < 1.29 is 0 Å². The summed E-state index contributed by atoms with van der Waals surface area (Å²) in [7, 11) is 0. The maximum Gasteiger partial charge on any atom is 0.137 e. The van der Waals surface area contributed by atoms with Crippen LogP contribution in [0.1, 0.15) is 37.0 Å². The van der Waals surface area contributed by atoms with Crippen LogP contribution >= 0.6 is 0 Å². The van der Waals surface area contributed by atoms with E-state index in [4.69, 9.17) is 4.98 Å². The topological polar surface area (TPSA) is 59.7 Å². The molecular weight excluding hydrogens is 336 g/mol. The average molecular weight is 362 g/mol. The van der Waals surface area contributed by atoms with Crippen LogP contribution in [-0.4, -0.2) is 37.8 Å². The van der Waals surface area contributed by atoms with E-state index in [1.54, 1.807) is 0 Å². The highest BCUT2D eigenvalue weighted by Crippen LogP contribution is 2.27. The molecule has 0 bridgehead atoms. The first-order valence-corrected chi connectivity index (χ1v) is 9.76. The van der Waals surface area contributed by atoms with Crippen molar-refractivity contribution in [3.63, 3.8) is 0 Å². The van der Waals surface area contributed by atoms with Crippen LogP contribution in [0.4, 0.5) is 5.82 Å². The van der Waals surface area contributed by atoms with Crippen molar-refractivity contribution >= 4 is 5.82 Å². The highest BCUT2D eigenvalue weighted by atomic mass is 15.3. The molecule has 3 heterocycles. The summed E-state index contributed by atoms with van der Waals surface area (Å²) in [5.41, 5.74) is 2.36. The molecule has 0 radical (unpaired) electrons. The molecule has 3 aromatic rings. The number of nitrogens with zero attached hydrogens (tertiary/aromatic N) is 6. The monoisotopic (exact) mass is 362 g/mol. The molecule has 1 fully saturated rings. The number of aryl methyl sites for hydroxylation is 2. The van der Waals surface area contributed by atoms with E-state index >= 15 is 0 Å². The van der Waals surface area contributed by atoms with Crippen LogP contribution in [0.5, 0.6) is 0 Å². The zero-order chi connectivity index (χ0) is 18.6. The summed E-state index contributed by atoms with van der Waals surface area (Å²) in [5, 5.41) is 8.53. The van der Waals surface area contributed by atoms with Gasteiger partial charge in [-0.1, -0.05) is 25.1 Å². The van der Waals surface area contributed by atoms with Crippen LogP contribution in [0.2, 0.25) is 0 Å². The van der Waals surface area contributed by atoms with Gasteiger partial charge in [0.05, 0.1) is 0 Å². The molecule has 2 aromatic heterocycles.